The minimum atomic E-state index is -1.14. The van der Waals surface area contributed by atoms with Crippen LogP contribution in [0.3, 0.4) is 0 Å². The number of phenolic OH excluding ortho intramolecular Hbond substituents is 1. The van der Waals surface area contributed by atoms with E-state index in [1.165, 1.54) is 6.07 Å². The van der Waals surface area contributed by atoms with Crippen LogP contribution in [0.15, 0.2) is 27.4 Å². The summed E-state index contributed by atoms with van der Waals surface area (Å²) in [4.78, 5) is 23.4. The van der Waals surface area contributed by atoms with E-state index in [0.29, 0.717) is 17.6 Å². The van der Waals surface area contributed by atoms with Crippen molar-refractivity contribution >= 4 is 16.9 Å². The van der Waals surface area contributed by atoms with Crippen LogP contribution in [0.5, 0.6) is 5.75 Å². The number of aryl methyl sites for hydroxylation is 1. The standard InChI is InChI=1S/C20H27NO5/c1-4-6-7-13-10-17(23)26-19-14(13)8-9-16(22)15(19)11-21-18(20(24)25)12(3)5-2/h8-10,12,18,21-22H,4-7,11H2,1-3H3,(H,24,25)/t12-,18+/m1/s1. The Balaban J connectivity index is 2.43. The second-order valence-electron chi connectivity index (χ2n) is 6.80. The predicted molar refractivity (Wildman–Crippen MR) is 96.6 cm³/mol. The van der Waals surface area contributed by atoms with E-state index < -0.39 is 17.6 Å². The summed E-state index contributed by atoms with van der Waals surface area (Å²) >= 11 is 0. The largest absolute Gasteiger partial charge is 0.544 e. The lowest BCUT2D eigenvalue weighted by Gasteiger charge is -2.22. The predicted octanol–water partition coefficient (Wildman–Crippen LogP) is 1.07. The minimum absolute atomic E-state index is 0.00853. The van der Waals surface area contributed by atoms with Gasteiger partial charge in [0, 0.05) is 17.4 Å². The van der Waals surface area contributed by atoms with Gasteiger partial charge in [0.1, 0.15) is 18.3 Å². The third-order valence-corrected chi connectivity index (χ3v) is 4.98. The molecule has 0 aliphatic carbocycles. The molecule has 0 saturated carbocycles. The van der Waals surface area contributed by atoms with E-state index in [4.69, 9.17) is 4.42 Å². The lowest BCUT2D eigenvalue weighted by atomic mass is 9.98. The van der Waals surface area contributed by atoms with Crippen molar-refractivity contribution in [2.45, 2.75) is 59.0 Å². The van der Waals surface area contributed by atoms with Crippen molar-refractivity contribution in [2.75, 3.05) is 0 Å². The second-order valence-corrected chi connectivity index (χ2v) is 6.80. The Hall–Kier alpha value is -2.34. The molecule has 2 aromatic rings. The quantitative estimate of drug-likeness (QED) is 0.650. The third kappa shape index (κ3) is 4.43. The molecule has 0 spiro atoms. The SMILES string of the molecule is CCCCc1cc(=O)oc2c(C[NH2+][C@H](C(=O)[O-])[C@H](C)CC)c(O)ccc12. The molecule has 0 bridgehead atoms. The number of rotatable bonds is 9. The zero-order chi connectivity index (χ0) is 19.3. The van der Waals surface area contributed by atoms with E-state index >= 15 is 0 Å². The molecule has 1 heterocycles. The summed E-state index contributed by atoms with van der Waals surface area (Å²) in [7, 11) is 0. The first-order valence-corrected chi connectivity index (χ1v) is 9.20. The number of unbranched alkanes of at least 4 members (excludes halogenated alkanes) is 1. The van der Waals surface area contributed by atoms with Gasteiger partial charge in [-0.3, -0.25) is 0 Å². The molecule has 142 valence electrons. The molecule has 0 saturated heterocycles. The van der Waals surface area contributed by atoms with Crippen LogP contribution < -0.4 is 16.0 Å². The van der Waals surface area contributed by atoms with Crippen molar-refractivity contribution in [3.63, 3.8) is 0 Å². The van der Waals surface area contributed by atoms with Crippen LogP contribution in [0.2, 0.25) is 0 Å². The number of hydrogen-bond donors (Lipinski definition) is 2. The number of carboxylic acids is 1. The summed E-state index contributed by atoms with van der Waals surface area (Å²) in [6, 6.07) is 4.07. The molecule has 0 aliphatic heterocycles. The molecule has 26 heavy (non-hydrogen) atoms. The minimum Gasteiger partial charge on any atom is -0.544 e. The number of carboxylic acid groups (broad SMARTS) is 1. The number of aromatic hydroxyl groups is 1. The van der Waals surface area contributed by atoms with Gasteiger partial charge in [0.05, 0.1) is 11.5 Å². The molecular weight excluding hydrogens is 334 g/mol. The molecule has 0 aliphatic rings. The van der Waals surface area contributed by atoms with Crippen LogP contribution in [0, 0.1) is 5.92 Å². The van der Waals surface area contributed by atoms with Crippen molar-refractivity contribution in [3.8, 4) is 5.75 Å². The van der Waals surface area contributed by atoms with E-state index in [1.807, 2.05) is 13.8 Å². The second kappa shape index (κ2) is 8.85. The summed E-state index contributed by atoms with van der Waals surface area (Å²) in [5.74, 6) is -1.22. The maximum absolute atomic E-state index is 12.0. The van der Waals surface area contributed by atoms with Crippen molar-refractivity contribution in [3.05, 3.63) is 39.7 Å². The third-order valence-electron chi connectivity index (χ3n) is 4.98. The molecule has 6 heteroatoms. The van der Waals surface area contributed by atoms with Crippen molar-refractivity contribution in [1.29, 1.82) is 0 Å². The molecule has 1 aromatic carbocycles. The van der Waals surface area contributed by atoms with E-state index in [2.05, 4.69) is 6.92 Å². The Labute approximate surface area is 152 Å². The average molecular weight is 361 g/mol. The normalized spacial score (nSPS) is 13.7. The summed E-state index contributed by atoms with van der Waals surface area (Å²) in [5, 5.41) is 24.1. The molecule has 0 radical (unpaired) electrons. The first kappa shape index (κ1) is 20.0. The van der Waals surface area contributed by atoms with Crippen LogP contribution in [0.25, 0.3) is 11.0 Å². The molecule has 6 nitrogen and oxygen atoms in total. The van der Waals surface area contributed by atoms with Crippen molar-refractivity contribution in [1.82, 2.24) is 0 Å². The van der Waals surface area contributed by atoms with Gasteiger partial charge in [-0.1, -0.05) is 27.2 Å². The number of quaternary nitrogens is 1. The van der Waals surface area contributed by atoms with Gasteiger partial charge in [-0.2, -0.15) is 0 Å². The molecule has 2 rings (SSSR count). The monoisotopic (exact) mass is 361 g/mol. The van der Waals surface area contributed by atoms with Gasteiger partial charge in [0.25, 0.3) is 0 Å². The highest BCUT2D eigenvalue weighted by molar-refractivity contribution is 5.85. The van der Waals surface area contributed by atoms with Crippen LogP contribution in [0.4, 0.5) is 0 Å². The van der Waals surface area contributed by atoms with Gasteiger partial charge in [-0.15, -0.1) is 0 Å². The van der Waals surface area contributed by atoms with Gasteiger partial charge in [-0.05, 0) is 37.0 Å². The highest BCUT2D eigenvalue weighted by Gasteiger charge is 2.22. The molecule has 0 unspecified atom stereocenters. The number of hydrogen-bond acceptors (Lipinski definition) is 5. The maximum atomic E-state index is 12.0. The fourth-order valence-corrected chi connectivity index (χ4v) is 3.17. The first-order chi connectivity index (χ1) is 12.4. The summed E-state index contributed by atoms with van der Waals surface area (Å²) < 4.78 is 5.38. The summed E-state index contributed by atoms with van der Waals surface area (Å²) in [6.07, 6.45) is 3.40. The van der Waals surface area contributed by atoms with E-state index in [1.54, 1.807) is 17.4 Å². The topological polar surface area (TPSA) is 107 Å². The Morgan fingerprint density at radius 3 is 2.69 bits per heavy atom. The van der Waals surface area contributed by atoms with Crippen molar-refractivity contribution in [2.24, 2.45) is 5.92 Å². The molecule has 1 aromatic heterocycles. The Morgan fingerprint density at radius 1 is 1.35 bits per heavy atom. The fraction of sp³-hybridized carbons (Fsp3) is 0.500. The van der Waals surface area contributed by atoms with E-state index in [9.17, 15) is 19.8 Å². The Morgan fingerprint density at radius 2 is 2.08 bits per heavy atom. The highest BCUT2D eigenvalue weighted by Crippen LogP contribution is 2.28. The number of phenols is 1. The molecule has 2 atom stereocenters. The molecule has 0 fully saturated rings. The number of carbonyl (C=O) groups excluding carboxylic acids is 1. The van der Waals surface area contributed by atoms with Gasteiger partial charge in [0.15, 0.2) is 5.58 Å². The highest BCUT2D eigenvalue weighted by atomic mass is 16.4. The smallest absolute Gasteiger partial charge is 0.336 e. The molecule has 0 amide bonds. The molecule has 3 N–H and O–H groups in total. The summed E-state index contributed by atoms with van der Waals surface area (Å²) in [6.45, 7) is 6.03. The lowest BCUT2D eigenvalue weighted by Crippen LogP contribution is -2.93. The summed E-state index contributed by atoms with van der Waals surface area (Å²) in [5.41, 5.74) is 1.19. The van der Waals surface area contributed by atoms with Gasteiger partial charge < -0.3 is 24.7 Å². The number of fused-ring (bicyclic) bond motifs is 1. The van der Waals surface area contributed by atoms with Crippen LogP contribution in [-0.2, 0) is 17.8 Å². The van der Waals surface area contributed by atoms with Crippen LogP contribution >= 0.6 is 0 Å². The first-order valence-electron chi connectivity index (χ1n) is 9.20. The van der Waals surface area contributed by atoms with Gasteiger partial charge in [-0.25, -0.2) is 4.79 Å². The Bertz CT molecular complexity index is 827. The zero-order valence-electron chi connectivity index (χ0n) is 15.6. The van der Waals surface area contributed by atoms with E-state index in [0.717, 1.165) is 30.2 Å². The van der Waals surface area contributed by atoms with Crippen molar-refractivity contribution < 1.29 is 24.7 Å². The fourth-order valence-electron chi connectivity index (χ4n) is 3.17. The molecular formula is C20H27NO5. The number of nitrogens with two attached hydrogens (primary N) is 1. The zero-order valence-corrected chi connectivity index (χ0v) is 15.6. The van der Waals surface area contributed by atoms with Crippen LogP contribution in [0.1, 0.15) is 51.2 Å². The van der Waals surface area contributed by atoms with E-state index in [-0.39, 0.29) is 18.2 Å². The Kier molecular flexibility index (Phi) is 6.80. The maximum Gasteiger partial charge on any atom is 0.336 e. The van der Waals surface area contributed by atoms with Crippen LogP contribution in [-0.4, -0.2) is 17.1 Å². The lowest BCUT2D eigenvalue weighted by molar-refractivity contribution is -0.704. The van der Waals surface area contributed by atoms with Gasteiger partial charge in [0.2, 0.25) is 0 Å². The number of benzene rings is 1. The number of aliphatic carboxylic acids is 1. The number of carbonyl (C=O) groups is 1. The average Bonchev–Trinajstić information content (AvgIpc) is 2.60. The van der Waals surface area contributed by atoms with Gasteiger partial charge >= 0.3 is 5.63 Å².